The molecular formula is C19H23FO6. The average molecular weight is 366 g/mol. The van der Waals surface area contributed by atoms with Crippen molar-refractivity contribution in [3.63, 3.8) is 0 Å². The number of hydrogen-bond acceptors (Lipinski definition) is 6. The molecule has 0 unspecified atom stereocenters. The Bertz CT molecular complexity index is 699. The van der Waals surface area contributed by atoms with Crippen LogP contribution in [0.15, 0.2) is 24.3 Å². The fourth-order valence-electron chi connectivity index (χ4n) is 3.59. The second-order valence-electron chi connectivity index (χ2n) is 6.54. The van der Waals surface area contributed by atoms with Crippen LogP contribution in [0.5, 0.6) is 0 Å². The molecule has 2 rings (SSSR count). The molecule has 142 valence electrons. The molecule has 1 aliphatic carbocycles. The molecule has 1 N–H and O–H groups in total. The molecule has 0 heterocycles. The topological polar surface area (TPSA) is 89.9 Å². The van der Waals surface area contributed by atoms with Crippen molar-refractivity contribution in [1.82, 2.24) is 0 Å². The molecular weight excluding hydrogens is 343 g/mol. The van der Waals surface area contributed by atoms with E-state index < -0.39 is 53.3 Å². The molecule has 1 aromatic rings. The number of carbonyl (C=O) groups is 3. The van der Waals surface area contributed by atoms with Gasteiger partial charge in [0.2, 0.25) is 0 Å². The number of ketones is 1. The maximum atomic E-state index is 13.8. The summed E-state index contributed by atoms with van der Waals surface area (Å²) in [4.78, 5) is 37.6. The van der Waals surface area contributed by atoms with Crippen LogP contribution in [0.4, 0.5) is 4.39 Å². The molecule has 4 atom stereocenters. The van der Waals surface area contributed by atoms with Crippen LogP contribution in [0.3, 0.4) is 0 Å². The Hall–Kier alpha value is -2.28. The summed E-state index contributed by atoms with van der Waals surface area (Å²) in [6.45, 7) is 4.68. The predicted molar refractivity (Wildman–Crippen MR) is 89.6 cm³/mol. The van der Waals surface area contributed by atoms with Crippen molar-refractivity contribution < 1.29 is 33.4 Å². The standard InChI is InChI=1S/C19H23FO6/c1-4-25-17(22)15-13(21)10-19(3,24)16(18(23)26-5-2)14(15)11-7-6-8-12(20)9-11/h6-9,14-16,24H,4-5,10H2,1-3H3/t14-,15+,16+,19+/m1/s1. The molecule has 0 aliphatic heterocycles. The van der Waals surface area contributed by atoms with Crippen LogP contribution in [-0.4, -0.2) is 41.6 Å². The molecule has 0 spiro atoms. The van der Waals surface area contributed by atoms with Crippen LogP contribution in [-0.2, 0) is 23.9 Å². The second-order valence-corrected chi connectivity index (χ2v) is 6.54. The maximum Gasteiger partial charge on any atom is 0.317 e. The molecule has 0 bridgehead atoms. The number of ether oxygens (including phenoxy) is 2. The Balaban J connectivity index is 2.61. The van der Waals surface area contributed by atoms with E-state index in [4.69, 9.17) is 9.47 Å². The number of benzene rings is 1. The molecule has 1 saturated carbocycles. The van der Waals surface area contributed by atoms with Crippen LogP contribution in [0.2, 0.25) is 0 Å². The van der Waals surface area contributed by atoms with Crippen molar-refractivity contribution in [3.8, 4) is 0 Å². The van der Waals surface area contributed by atoms with Crippen LogP contribution >= 0.6 is 0 Å². The number of rotatable bonds is 5. The highest BCUT2D eigenvalue weighted by atomic mass is 19.1. The van der Waals surface area contributed by atoms with Gasteiger partial charge in [-0.25, -0.2) is 4.39 Å². The van der Waals surface area contributed by atoms with E-state index in [1.54, 1.807) is 13.8 Å². The minimum atomic E-state index is -1.73. The summed E-state index contributed by atoms with van der Waals surface area (Å²) in [5.74, 6) is -6.28. The van der Waals surface area contributed by atoms with Crippen LogP contribution in [0.25, 0.3) is 0 Å². The number of carbonyl (C=O) groups excluding carboxylic acids is 3. The van der Waals surface area contributed by atoms with Crippen molar-refractivity contribution in [2.75, 3.05) is 13.2 Å². The van der Waals surface area contributed by atoms with E-state index in [0.717, 1.165) is 6.07 Å². The van der Waals surface area contributed by atoms with Crippen molar-refractivity contribution in [1.29, 1.82) is 0 Å². The average Bonchev–Trinajstić information content (AvgIpc) is 2.53. The molecule has 26 heavy (non-hydrogen) atoms. The minimum Gasteiger partial charge on any atom is -0.466 e. The largest absolute Gasteiger partial charge is 0.466 e. The lowest BCUT2D eigenvalue weighted by atomic mass is 9.61. The van der Waals surface area contributed by atoms with Crippen LogP contribution in [0.1, 0.15) is 38.7 Å². The third-order valence-electron chi connectivity index (χ3n) is 4.58. The highest BCUT2D eigenvalue weighted by Gasteiger charge is 2.57. The highest BCUT2D eigenvalue weighted by molar-refractivity contribution is 6.02. The zero-order chi connectivity index (χ0) is 19.5. The van der Waals surface area contributed by atoms with E-state index in [1.807, 2.05) is 0 Å². The smallest absolute Gasteiger partial charge is 0.317 e. The fraction of sp³-hybridized carbons (Fsp3) is 0.526. The summed E-state index contributed by atoms with van der Waals surface area (Å²) in [6.07, 6.45) is -0.397. The molecule has 0 aromatic heterocycles. The van der Waals surface area contributed by atoms with Crippen LogP contribution < -0.4 is 0 Å². The van der Waals surface area contributed by atoms with Gasteiger partial charge in [0.1, 0.15) is 11.7 Å². The minimum absolute atomic E-state index is 0.0545. The van der Waals surface area contributed by atoms with E-state index in [0.29, 0.717) is 0 Å². The first kappa shape index (κ1) is 20.0. The summed E-state index contributed by atoms with van der Waals surface area (Å²) in [7, 11) is 0. The lowest BCUT2D eigenvalue weighted by Gasteiger charge is -2.43. The summed E-state index contributed by atoms with van der Waals surface area (Å²) in [5, 5.41) is 10.8. The molecule has 7 heteroatoms. The monoisotopic (exact) mass is 366 g/mol. The van der Waals surface area contributed by atoms with Gasteiger partial charge in [-0.15, -0.1) is 0 Å². The number of esters is 2. The first-order chi connectivity index (χ1) is 12.2. The van der Waals surface area contributed by atoms with Gasteiger partial charge in [0, 0.05) is 12.3 Å². The molecule has 0 amide bonds. The second kappa shape index (κ2) is 7.95. The normalized spacial score (nSPS) is 28.5. The lowest BCUT2D eigenvalue weighted by Crippen LogP contribution is -2.55. The van der Waals surface area contributed by atoms with Gasteiger partial charge in [0.15, 0.2) is 5.78 Å². The van der Waals surface area contributed by atoms with E-state index in [1.165, 1.54) is 25.1 Å². The van der Waals surface area contributed by atoms with Crippen molar-refractivity contribution in [2.45, 2.75) is 38.7 Å². The first-order valence-electron chi connectivity index (χ1n) is 8.56. The van der Waals surface area contributed by atoms with Crippen LogP contribution in [0, 0.1) is 17.7 Å². The zero-order valence-corrected chi connectivity index (χ0v) is 15.0. The van der Waals surface area contributed by atoms with Gasteiger partial charge in [-0.05, 0) is 38.5 Å². The Morgan fingerprint density at radius 2 is 1.85 bits per heavy atom. The first-order valence-corrected chi connectivity index (χ1v) is 8.56. The quantitative estimate of drug-likeness (QED) is 0.633. The number of hydrogen-bond donors (Lipinski definition) is 1. The summed E-state index contributed by atoms with van der Waals surface area (Å²) in [5.41, 5.74) is -1.47. The highest BCUT2D eigenvalue weighted by Crippen LogP contribution is 2.46. The van der Waals surface area contributed by atoms with Gasteiger partial charge in [0.25, 0.3) is 0 Å². The van der Waals surface area contributed by atoms with E-state index >= 15 is 0 Å². The number of halogens is 1. The van der Waals surface area contributed by atoms with Gasteiger partial charge in [-0.1, -0.05) is 12.1 Å². The Labute approximate surface area is 151 Å². The molecule has 1 aromatic carbocycles. The van der Waals surface area contributed by atoms with Crippen molar-refractivity contribution >= 4 is 17.7 Å². The SMILES string of the molecule is CCOC(=O)[C@H]1C(=O)C[C@](C)(O)[C@H](C(=O)OCC)[C@@H]1c1cccc(F)c1. The summed E-state index contributed by atoms with van der Waals surface area (Å²) in [6, 6.07) is 5.30. The Morgan fingerprint density at radius 1 is 1.23 bits per heavy atom. The van der Waals surface area contributed by atoms with Gasteiger partial charge < -0.3 is 14.6 Å². The molecule has 6 nitrogen and oxygen atoms in total. The van der Waals surface area contributed by atoms with E-state index in [2.05, 4.69) is 0 Å². The van der Waals surface area contributed by atoms with Gasteiger partial charge in [-0.3, -0.25) is 14.4 Å². The molecule has 0 saturated heterocycles. The zero-order valence-electron chi connectivity index (χ0n) is 15.0. The van der Waals surface area contributed by atoms with Crippen molar-refractivity contribution in [2.24, 2.45) is 11.8 Å². The fourth-order valence-corrected chi connectivity index (χ4v) is 3.59. The molecule has 0 radical (unpaired) electrons. The Kier molecular flexibility index (Phi) is 6.13. The third-order valence-corrected chi connectivity index (χ3v) is 4.58. The maximum absolute atomic E-state index is 13.8. The van der Waals surface area contributed by atoms with Gasteiger partial charge in [0.05, 0.1) is 24.7 Å². The third kappa shape index (κ3) is 3.93. The van der Waals surface area contributed by atoms with Gasteiger partial charge >= 0.3 is 11.9 Å². The summed E-state index contributed by atoms with van der Waals surface area (Å²) >= 11 is 0. The molecule has 1 aliphatic rings. The van der Waals surface area contributed by atoms with E-state index in [-0.39, 0.29) is 18.8 Å². The summed E-state index contributed by atoms with van der Waals surface area (Å²) < 4.78 is 23.9. The van der Waals surface area contributed by atoms with Crippen molar-refractivity contribution in [3.05, 3.63) is 35.6 Å². The number of aliphatic hydroxyl groups is 1. The van der Waals surface area contributed by atoms with Gasteiger partial charge in [-0.2, -0.15) is 0 Å². The van der Waals surface area contributed by atoms with E-state index in [9.17, 15) is 23.9 Å². The molecule has 1 fully saturated rings. The number of Topliss-reactive ketones (excluding diaryl/α,β-unsaturated/α-hetero) is 1. The Morgan fingerprint density at radius 3 is 2.42 bits per heavy atom. The lowest BCUT2D eigenvalue weighted by molar-refractivity contribution is -0.172. The predicted octanol–water partition coefficient (Wildman–Crippen LogP) is 1.99.